The van der Waals surface area contributed by atoms with E-state index in [9.17, 15) is 5.11 Å². The van der Waals surface area contributed by atoms with Crippen LogP contribution in [0, 0.1) is 6.92 Å². The van der Waals surface area contributed by atoms with E-state index in [4.69, 9.17) is 0 Å². The van der Waals surface area contributed by atoms with Crippen LogP contribution in [0.4, 0.5) is 5.82 Å². The molecule has 2 N–H and O–H groups in total. The molecule has 0 atom stereocenters. The third-order valence-electron chi connectivity index (χ3n) is 4.55. The molecule has 134 valence electrons. The van der Waals surface area contributed by atoms with Crippen molar-refractivity contribution in [3.63, 3.8) is 0 Å². The van der Waals surface area contributed by atoms with Crippen LogP contribution in [0.5, 0.6) is 5.75 Å². The molecule has 0 amide bonds. The molecular weight excluding hydrogens is 314 g/mol. The van der Waals surface area contributed by atoms with Gasteiger partial charge >= 0.3 is 0 Å². The van der Waals surface area contributed by atoms with Crippen molar-refractivity contribution >= 4 is 5.82 Å². The molecule has 0 aliphatic carbocycles. The number of aryl methyl sites for hydroxylation is 1. The summed E-state index contributed by atoms with van der Waals surface area (Å²) in [6, 6.07) is 9.11. The Hall–Kier alpha value is -2.18. The number of benzene rings is 1. The van der Waals surface area contributed by atoms with Crippen LogP contribution < -0.4 is 5.32 Å². The molecular formula is C19H27N5O. The van der Waals surface area contributed by atoms with Crippen LogP contribution in [0.1, 0.15) is 12.1 Å². The fraction of sp³-hybridized carbons (Fsp3) is 0.474. The lowest BCUT2D eigenvalue weighted by molar-refractivity contribution is 0.154. The number of nitrogens with one attached hydrogen (secondary N) is 1. The quantitative estimate of drug-likeness (QED) is 0.786. The Bertz CT molecular complexity index is 698. The van der Waals surface area contributed by atoms with Crippen molar-refractivity contribution in [2.75, 3.05) is 51.6 Å². The minimum atomic E-state index is 0.203. The predicted molar refractivity (Wildman–Crippen MR) is 101 cm³/mol. The Morgan fingerprint density at radius 2 is 1.88 bits per heavy atom. The number of para-hydroxylation sites is 1. The zero-order valence-corrected chi connectivity index (χ0v) is 15.1. The van der Waals surface area contributed by atoms with Gasteiger partial charge in [0.15, 0.2) is 5.82 Å². The van der Waals surface area contributed by atoms with Gasteiger partial charge in [-0.1, -0.05) is 12.1 Å². The molecule has 1 fully saturated rings. The summed E-state index contributed by atoms with van der Waals surface area (Å²) in [4.78, 5) is 13.9. The molecule has 6 heteroatoms. The van der Waals surface area contributed by atoms with Gasteiger partial charge in [0.05, 0.1) is 5.56 Å². The molecule has 0 unspecified atom stereocenters. The maximum absolute atomic E-state index is 10.0. The van der Waals surface area contributed by atoms with Gasteiger partial charge in [0.1, 0.15) is 11.6 Å². The van der Waals surface area contributed by atoms with Gasteiger partial charge in [-0.3, -0.25) is 0 Å². The van der Waals surface area contributed by atoms with E-state index in [1.807, 2.05) is 25.1 Å². The van der Waals surface area contributed by atoms with Crippen LogP contribution in [-0.2, 0) is 0 Å². The van der Waals surface area contributed by atoms with Crippen LogP contribution in [0.3, 0.4) is 0 Å². The first-order chi connectivity index (χ1) is 12.1. The molecule has 1 aliphatic rings. The number of aromatic nitrogens is 2. The molecule has 0 spiro atoms. The number of rotatable bonds is 6. The van der Waals surface area contributed by atoms with Crippen molar-refractivity contribution in [2.24, 2.45) is 0 Å². The van der Waals surface area contributed by atoms with E-state index in [2.05, 4.69) is 32.1 Å². The molecule has 0 bridgehead atoms. The van der Waals surface area contributed by atoms with Crippen LogP contribution in [0.2, 0.25) is 0 Å². The summed E-state index contributed by atoms with van der Waals surface area (Å²) in [5, 5.41) is 13.4. The number of anilines is 1. The molecule has 25 heavy (non-hydrogen) atoms. The highest BCUT2D eigenvalue weighted by atomic mass is 16.3. The molecule has 1 aliphatic heterocycles. The smallest absolute Gasteiger partial charge is 0.165 e. The van der Waals surface area contributed by atoms with E-state index < -0.39 is 0 Å². The van der Waals surface area contributed by atoms with E-state index in [1.54, 1.807) is 12.1 Å². The molecule has 1 saturated heterocycles. The molecule has 2 heterocycles. The van der Waals surface area contributed by atoms with E-state index in [-0.39, 0.29) is 5.75 Å². The van der Waals surface area contributed by atoms with E-state index in [1.165, 1.54) is 0 Å². The summed E-state index contributed by atoms with van der Waals surface area (Å²) in [5.41, 5.74) is 1.54. The Morgan fingerprint density at radius 3 is 2.64 bits per heavy atom. The summed E-state index contributed by atoms with van der Waals surface area (Å²) in [7, 11) is 2.18. The third kappa shape index (κ3) is 4.90. The fourth-order valence-corrected chi connectivity index (χ4v) is 3.03. The molecule has 1 aromatic carbocycles. The first-order valence-corrected chi connectivity index (χ1v) is 8.90. The Morgan fingerprint density at radius 1 is 1.12 bits per heavy atom. The van der Waals surface area contributed by atoms with Gasteiger partial charge in [-0.15, -0.1) is 0 Å². The monoisotopic (exact) mass is 341 g/mol. The van der Waals surface area contributed by atoms with Gasteiger partial charge in [-0.25, -0.2) is 9.97 Å². The van der Waals surface area contributed by atoms with Gasteiger partial charge < -0.3 is 20.2 Å². The largest absolute Gasteiger partial charge is 0.507 e. The second kappa shape index (κ2) is 8.27. The van der Waals surface area contributed by atoms with Crippen molar-refractivity contribution < 1.29 is 5.11 Å². The number of hydrogen-bond donors (Lipinski definition) is 2. The zero-order valence-electron chi connectivity index (χ0n) is 15.1. The molecule has 2 aromatic rings. The highest BCUT2D eigenvalue weighted by Crippen LogP contribution is 2.26. The molecule has 0 radical (unpaired) electrons. The van der Waals surface area contributed by atoms with Crippen molar-refractivity contribution in [1.29, 1.82) is 0 Å². The summed E-state index contributed by atoms with van der Waals surface area (Å²) >= 11 is 0. The number of phenolic OH excluding ortho intramolecular Hbond substituents is 1. The van der Waals surface area contributed by atoms with Gasteiger partial charge in [-0.05, 0) is 39.1 Å². The number of hydrogen-bond acceptors (Lipinski definition) is 6. The van der Waals surface area contributed by atoms with E-state index >= 15 is 0 Å². The lowest BCUT2D eigenvalue weighted by Gasteiger charge is -2.32. The summed E-state index contributed by atoms with van der Waals surface area (Å²) < 4.78 is 0. The van der Waals surface area contributed by atoms with Crippen molar-refractivity contribution in [2.45, 2.75) is 13.3 Å². The van der Waals surface area contributed by atoms with E-state index in [0.29, 0.717) is 11.4 Å². The normalized spacial score (nSPS) is 16.1. The van der Waals surface area contributed by atoms with Gasteiger partial charge in [0.2, 0.25) is 0 Å². The Labute approximate surface area is 149 Å². The third-order valence-corrected chi connectivity index (χ3v) is 4.55. The SMILES string of the molecule is Cc1cc(NCCCN2CCN(C)CC2)nc(-c2ccccc2O)n1. The summed E-state index contributed by atoms with van der Waals surface area (Å²) in [6.07, 6.45) is 1.08. The number of likely N-dealkylation sites (N-methyl/N-ethyl adjacent to an activating group) is 1. The van der Waals surface area contributed by atoms with E-state index in [0.717, 1.165) is 57.2 Å². The summed E-state index contributed by atoms with van der Waals surface area (Å²) in [6.45, 7) is 8.55. The Kier molecular flexibility index (Phi) is 5.83. The fourth-order valence-electron chi connectivity index (χ4n) is 3.03. The Balaban J connectivity index is 1.55. The van der Waals surface area contributed by atoms with Gasteiger partial charge in [0, 0.05) is 44.5 Å². The average molecular weight is 341 g/mol. The summed E-state index contributed by atoms with van der Waals surface area (Å²) in [5.74, 6) is 1.57. The maximum Gasteiger partial charge on any atom is 0.165 e. The highest BCUT2D eigenvalue weighted by Gasteiger charge is 2.13. The maximum atomic E-state index is 10.0. The number of nitrogens with zero attached hydrogens (tertiary/aromatic N) is 4. The van der Waals surface area contributed by atoms with Gasteiger partial charge in [0.25, 0.3) is 0 Å². The van der Waals surface area contributed by atoms with Crippen LogP contribution in [0.15, 0.2) is 30.3 Å². The first kappa shape index (κ1) is 17.6. The van der Waals surface area contributed by atoms with Crippen molar-refractivity contribution in [3.05, 3.63) is 36.0 Å². The second-order valence-corrected chi connectivity index (χ2v) is 6.66. The highest BCUT2D eigenvalue weighted by molar-refractivity contribution is 5.64. The van der Waals surface area contributed by atoms with Crippen LogP contribution in [0.25, 0.3) is 11.4 Å². The number of piperazine rings is 1. The predicted octanol–water partition coefficient (Wildman–Crippen LogP) is 2.21. The molecule has 6 nitrogen and oxygen atoms in total. The minimum Gasteiger partial charge on any atom is -0.507 e. The first-order valence-electron chi connectivity index (χ1n) is 8.90. The lowest BCUT2D eigenvalue weighted by Crippen LogP contribution is -2.44. The number of aromatic hydroxyl groups is 1. The molecule has 0 saturated carbocycles. The molecule has 1 aromatic heterocycles. The topological polar surface area (TPSA) is 64.5 Å². The standard InChI is InChI=1S/C19H27N5O/c1-15-14-18(20-8-5-9-24-12-10-23(2)11-13-24)22-19(21-15)16-6-3-4-7-17(16)25/h3-4,6-7,14,25H,5,8-13H2,1-2H3,(H,20,21,22). The zero-order chi connectivity index (χ0) is 17.6. The molecule has 3 rings (SSSR count). The minimum absolute atomic E-state index is 0.203. The van der Waals surface area contributed by atoms with Crippen molar-refractivity contribution in [1.82, 2.24) is 19.8 Å². The van der Waals surface area contributed by atoms with Crippen LogP contribution in [-0.4, -0.2) is 71.2 Å². The van der Waals surface area contributed by atoms with Crippen LogP contribution >= 0.6 is 0 Å². The number of phenols is 1. The average Bonchev–Trinajstić information content (AvgIpc) is 2.60. The second-order valence-electron chi connectivity index (χ2n) is 6.66. The lowest BCUT2D eigenvalue weighted by atomic mass is 10.2. The van der Waals surface area contributed by atoms with Gasteiger partial charge in [-0.2, -0.15) is 0 Å². The van der Waals surface area contributed by atoms with Crippen molar-refractivity contribution in [3.8, 4) is 17.1 Å².